The van der Waals surface area contributed by atoms with Gasteiger partial charge in [0.1, 0.15) is 11.3 Å². The number of hydrogen-bond donors (Lipinski definition) is 1. The zero-order valence-corrected chi connectivity index (χ0v) is 24.5. The fraction of sp³-hybridized carbons (Fsp3) is 0.152. The number of aryl methyl sites for hydroxylation is 3. The molecule has 5 rings (SSSR count). The number of benzene rings is 3. The van der Waals surface area contributed by atoms with Crippen LogP contribution in [0, 0.1) is 26.8 Å². The molecule has 0 unspecified atom stereocenters. The van der Waals surface area contributed by atoms with Crippen LogP contribution in [0.5, 0.6) is 0 Å². The Labute approximate surface area is 237 Å². The SMILES string of the molecule is CC(=O)/C=C(/C)O.Cc1cc(C)c(-c2cc3cnc(-c4[c-]ccc(-c5ccccc5)c4)cc3o2)c(C)c1.[Ir]. The Bertz CT molecular complexity index is 1570. The van der Waals surface area contributed by atoms with E-state index in [0.717, 1.165) is 39.1 Å². The quantitative estimate of drug-likeness (QED) is 0.117. The van der Waals surface area contributed by atoms with E-state index in [1.54, 1.807) is 0 Å². The predicted molar refractivity (Wildman–Crippen MR) is 150 cm³/mol. The van der Waals surface area contributed by atoms with Crippen LogP contribution < -0.4 is 0 Å². The molecule has 0 spiro atoms. The summed E-state index contributed by atoms with van der Waals surface area (Å²) in [5, 5.41) is 9.37. The summed E-state index contributed by atoms with van der Waals surface area (Å²) < 4.78 is 6.28. The van der Waals surface area contributed by atoms with E-state index in [1.165, 1.54) is 42.2 Å². The van der Waals surface area contributed by atoms with Crippen molar-refractivity contribution in [1.82, 2.24) is 4.98 Å². The van der Waals surface area contributed by atoms with Crippen molar-refractivity contribution in [3.8, 4) is 33.7 Å². The summed E-state index contributed by atoms with van der Waals surface area (Å²) in [5.41, 5.74) is 9.87. The minimum atomic E-state index is -0.125. The molecule has 5 aromatic rings. The van der Waals surface area contributed by atoms with Gasteiger partial charge in [0.05, 0.1) is 5.76 Å². The largest absolute Gasteiger partial charge is 0.512 e. The first kappa shape index (κ1) is 28.8. The van der Waals surface area contributed by atoms with Gasteiger partial charge in [-0.05, 0) is 69.1 Å². The number of ketones is 1. The zero-order chi connectivity index (χ0) is 26.5. The van der Waals surface area contributed by atoms with Gasteiger partial charge in [0.25, 0.3) is 0 Å². The number of aromatic nitrogens is 1. The molecule has 1 N–H and O–H groups in total. The number of furan rings is 1. The molecule has 0 fully saturated rings. The third-order valence-electron chi connectivity index (χ3n) is 5.92. The van der Waals surface area contributed by atoms with E-state index in [4.69, 9.17) is 9.52 Å². The van der Waals surface area contributed by atoms with E-state index in [9.17, 15) is 4.79 Å². The molecule has 0 amide bonds. The van der Waals surface area contributed by atoms with Crippen LogP contribution in [0.15, 0.2) is 95.2 Å². The van der Waals surface area contributed by atoms with Crippen molar-refractivity contribution in [3.05, 3.63) is 114 Å². The average molecular weight is 681 g/mol. The first-order chi connectivity index (χ1) is 17.7. The van der Waals surface area contributed by atoms with Gasteiger partial charge in [-0.3, -0.25) is 4.79 Å². The second-order valence-electron chi connectivity index (χ2n) is 9.25. The van der Waals surface area contributed by atoms with E-state index in [-0.39, 0.29) is 31.6 Å². The number of pyridine rings is 1. The van der Waals surface area contributed by atoms with Gasteiger partial charge in [-0.15, -0.1) is 35.4 Å². The summed E-state index contributed by atoms with van der Waals surface area (Å²) in [6, 6.07) is 28.3. The number of carbonyl (C=O) groups is 1. The van der Waals surface area contributed by atoms with E-state index in [1.807, 2.05) is 24.4 Å². The Balaban J connectivity index is 0.000000444. The third-order valence-corrected chi connectivity index (χ3v) is 5.92. The topological polar surface area (TPSA) is 63.3 Å². The van der Waals surface area contributed by atoms with E-state index < -0.39 is 0 Å². The van der Waals surface area contributed by atoms with Crippen molar-refractivity contribution in [1.29, 1.82) is 0 Å². The second-order valence-corrected chi connectivity index (χ2v) is 9.25. The molecule has 195 valence electrons. The predicted octanol–water partition coefficient (Wildman–Crippen LogP) is 8.59. The van der Waals surface area contributed by atoms with Gasteiger partial charge in [-0.25, -0.2) is 0 Å². The summed E-state index contributed by atoms with van der Waals surface area (Å²) in [5.74, 6) is 0.827. The van der Waals surface area contributed by atoms with Gasteiger partial charge in [0.15, 0.2) is 5.78 Å². The zero-order valence-electron chi connectivity index (χ0n) is 22.1. The Morgan fingerprint density at radius 2 is 1.61 bits per heavy atom. The van der Waals surface area contributed by atoms with Gasteiger partial charge in [-0.1, -0.05) is 48.0 Å². The smallest absolute Gasteiger partial charge is 0.155 e. The van der Waals surface area contributed by atoms with Gasteiger partial charge in [-0.2, -0.15) is 0 Å². The van der Waals surface area contributed by atoms with Crippen molar-refractivity contribution in [2.45, 2.75) is 34.6 Å². The van der Waals surface area contributed by atoms with Crippen molar-refractivity contribution in [2.24, 2.45) is 0 Å². The fourth-order valence-electron chi connectivity index (χ4n) is 4.49. The molecule has 3 aromatic carbocycles. The normalized spacial score (nSPS) is 10.9. The van der Waals surface area contributed by atoms with Gasteiger partial charge in [0, 0.05) is 43.3 Å². The summed E-state index contributed by atoms with van der Waals surface area (Å²) in [4.78, 5) is 14.7. The van der Waals surface area contributed by atoms with Crippen molar-refractivity contribution < 1.29 is 34.4 Å². The van der Waals surface area contributed by atoms with E-state index in [2.05, 4.69) is 86.4 Å². The van der Waals surface area contributed by atoms with Crippen LogP contribution in [0.2, 0.25) is 0 Å². The third kappa shape index (κ3) is 6.95. The van der Waals surface area contributed by atoms with Crippen LogP contribution in [0.3, 0.4) is 0 Å². The van der Waals surface area contributed by atoms with Crippen molar-refractivity contribution in [3.63, 3.8) is 0 Å². The summed E-state index contributed by atoms with van der Waals surface area (Å²) in [6.45, 7) is 9.24. The molecular formula is C33H30IrNO3-. The molecule has 5 heteroatoms. The monoisotopic (exact) mass is 681 g/mol. The van der Waals surface area contributed by atoms with Crippen LogP contribution in [0.25, 0.3) is 44.7 Å². The van der Waals surface area contributed by atoms with Gasteiger partial charge >= 0.3 is 0 Å². The molecule has 0 aliphatic rings. The number of allylic oxidation sites excluding steroid dienone is 2. The Hall–Kier alpha value is -3.79. The maximum absolute atomic E-state index is 10.0. The second kappa shape index (κ2) is 12.6. The first-order valence-electron chi connectivity index (χ1n) is 12.1. The van der Waals surface area contributed by atoms with Crippen LogP contribution in [0.4, 0.5) is 0 Å². The number of nitrogens with zero attached hydrogens (tertiary/aromatic N) is 1. The molecule has 0 bridgehead atoms. The van der Waals surface area contributed by atoms with E-state index >= 15 is 0 Å². The van der Waals surface area contributed by atoms with Gasteiger partial charge in [0.2, 0.25) is 0 Å². The van der Waals surface area contributed by atoms with E-state index in [0.29, 0.717) is 0 Å². The molecule has 1 radical (unpaired) electrons. The summed E-state index contributed by atoms with van der Waals surface area (Å²) >= 11 is 0. The number of carbonyl (C=O) groups excluding carboxylic acids is 1. The minimum Gasteiger partial charge on any atom is -0.512 e. The molecule has 0 saturated heterocycles. The maximum atomic E-state index is 10.0. The number of aliphatic hydroxyl groups excluding tert-OH is 1. The molecule has 0 saturated carbocycles. The Morgan fingerprint density at radius 1 is 0.921 bits per heavy atom. The van der Waals surface area contributed by atoms with Crippen LogP contribution in [-0.4, -0.2) is 15.9 Å². The molecule has 2 aromatic heterocycles. The summed E-state index contributed by atoms with van der Waals surface area (Å²) in [6.07, 6.45) is 3.06. The number of aliphatic hydroxyl groups is 1. The Kier molecular flexibility index (Phi) is 9.57. The maximum Gasteiger partial charge on any atom is 0.155 e. The van der Waals surface area contributed by atoms with Crippen molar-refractivity contribution >= 4 is 16.8 Å². The molecule has 4 nitrogen and oxygen atoms in total. The average Bonchev–Trinajstić information content (AvgIpc) is 3.26. The number of rotatable bonds is 4. The van der Waals surface area contributed by atoms with Gasteiger partial charge < -0.3 is 14.5 Å². The molecule has 0 aliphatic carbocycles. The molecule has 2 heterocycles. The molecule has 0 atom stereocenters. The Morgan fingerprint density at radius 3 is 2.21 bits per heavy atom. The van der Waals surface area contributed by atoms with Crippen LogP contribution >= 0.6 is 0 Å². The molecule has 0 aliphatic heterocycles. The number of hydrogen-bond acceptors (Lipinski definition) is 4. The standard InChI is InChI=1S/C28H22NO.C5H8O2.Ir/c1-18-12-19(2)28(20(3)13-18)27-15-24-17-29-25(16-26(24)30-27)23-11-7-10-22(14-23)21-8-5-4-6-9-21;1-4(6)3-5(2)7;/h4-10,12-17H,1-3H3;3,6H,1-2H3;/q-1;;/b;4-3-;. The summed E-state index contributed by atoms with van der Waals surface area (Å²) in [7, 11) is 0. The van der Waals surface area contributed by atoms with Crippen LogP contribution in [0.1, 0.15) is 30.5 Å². The minimum absolute atomic E-state index is 0. The van der Waals surface area contributed by atoms with Crippen LogP contribution in [-0.2, 0) is 24.9 Å². The number of fused-ring (bicyclic) bond motifs is 1. The first-order valence-corrected chi connectivity index (χ1v) is 12.1. The van der Waals surface area contributed by atoms with Crippen molar-refractivity contribution in [2.75, 3.05) is 0 Å². The molecule has 38 heavy (non-hydrogen) atoms. The fourth-order valence-corrected chi connectivity index (χ4v) is 4.49. The molecular weight excluding hydrogens is 651 g/mol.